The quantitative estimate of drug-likeness (QED) is 0.185. The smallest absolute Gasteiger partial charge is 0.362 e. The number of hydrogen-bond acceptors (Lipinski definition) is 4. The summed E-state index contributed by atoms with van der Waals surface area (Å²) in [6, 6.07) is 5.47. The number of ketones is 1. The number of thiol groups is 1. The molecule has 2 aromatic carbocycles. The van der Waals surface area contributed by atoms with Crippen LogP contribution in [0.4, 0.5) is 30.7 Å². The number of ether oxygens (including phenoxy) is 1. The van der Waals surface area contributed by atoms with Gasteiger partial charge in [-0.05, 0) is 34.9 Å². The van der Waals surface area contributed by atoms with Crippen LogP contribution >= 0.6 is 35.8 Å². The van der Waals surface area contributed by atoms with E-state index in [0.29, 0.717) is 23.3 Å². The number of hydrogen-bond donors (Lipinski definition) is 1. The van der Waals surface area contributed by atoms with Crippen molar-refractivity contribution >= 4 is 47.5 Å². The van der Waals surface area contributed by atoms with Crippen LogP contribution in [0.3, 0.4) is 0 Å². The average Bonchev–Trinajstić information content (AvgIpc) is 3.13. The molecule has 200 valence electrons. The SMILES string of the molecule is O=C(CC(S)(c1cc(Cl)c(F)c(Cl)c1)C(F)(F)F)c1ccc2c(c1)COC21CN(C(=O)CC(F)(F)F)C1. The van der Waals surface area contributed by atoms with Crippen LogP contribution in [-0.2, 0) is 26.5 Å². The highest BCUT2D eigenvalue weighted by atomic mass is 35.5. The van der Waals surface area contributed by atoms with E-state index in [1.807, 2.05) is 0 Å². The van der Waals surface area contributed by atoms with Crippen LogP contribution in [0, 0.1) is 5.82 Å². The molecule has 1 atom stereocenters. The summed E-state index contributed by atoms with van der Waals surface area (Å²) in [5, 5.41) is -1.33. The number of halogens is 9. The van der Waals surface area contributed by atoms with Crippen molar-refractivity contribution in [1.82, 2.24) is 4.90 Å². The Kier molecular flexibility index (Phi) is 7.05. The van der Waals surface area contributed by atoms with E-state index in [1.165, 1.54) is 18.2 Å². The van der Waals surface area contributed by atoms with Gasteiger partial charge in [-0.1, -0.05) is 35.3 Å². The van der Waals surface area contributed by atoms with Crippen molar-refractivity contribution in [2.24, 2.45) is 0 Å². The van der Waals surface area contributed by atoms with Crippen LogP contribution in [-0.4, -0.2) is 42.0 Å². The Labute approximate surface area is 221 Å². The maximum atomic E-state index is 14.1. The zero-order valence-corrected chi connectivity index (χ0v) is 20.8. The molecule has 0 aromatic heterocycles. The van der Waals surface area contributed by atoms with Crippen molar-refractivity contribution < 1.29 is 45.1 Å². The first-order chi connectivity index (χ1) is 17.0. The fraction of sp³-hybridized carbons (Fsp3) is 0.391. The summed E-state index contributed by atoms with van der Waals surface area (Å²) in [7, 11) is 0. The lowest BCUT2D eigenvalue weighted by Gasteiger charge is -2.47. The molecule has 14 heteroatoms. The van der Waals surface area contributed by atoms with E-state index in [-0.39, 0.29) is 25.3 Å². The molecule has 1 spiro atoms. The molecule has 0 bridgehead atoms. The molecule has 4 rings (SSSR count). The van der Waals surface area contributed by atoms with E-state index in [0.717, 1.165) is 4.90 Å². The highest BCUT2D eigenvalue weighted by molar-refractivity contribution is 7.81. The summed E-state index contributed by atoms with van der Waals surface area (Å²) in [6.07, 6.45) is -12.5. The monoisotopic (exact) mass is 589 g/mol. The Balaban J connectivity index is 1.55. The molecule has 1 saturated heterocycles. The molecule has 1 unspecified atom stereocenters. The second-order valence-corrected chi connectivity index (χ2v) is 10.5. The molecule has 0 radical (unpaired) electrons. The average molecular weight is 590 g/mol. The summed E-state index contributed by atoms with van der Waals surface area (Å²) in [6.45, 7) is -0.295. The van der Waals surface area contributed by atoms with Gasteiger partial charge in [-0.2, -0.15) is 39.0 Å². The first-order valence-corrected chi connectivity index (χ1v) is 11.8. The highest BCUT2D eigenvalue weighted by Gasteiger charge is 2.56. The van der Waals surface area contributed by atoms with Crippen molar-refractivity contribution in [3.8, 4) is 0 Å². The first-order valence-electron chi connectivity index (χ1n) is 10.5. The Morgan fingerprint density at radius 3 is 2.14 bits per heavy atom. The molecule has 2 heterocycles. The minimum atomic E-state index is -5.06. The third-order valence-electron chi connectivity index (χ3n) is 6.37. The lowest BCUT2D eigenvalue weighted by atomic mass is 9.83. The van der Waals surface area contributed by atoms with Gasteiger partial charge in [-0.3, -0.25) is 9.59 Å². The van der Waals surface area contributed by atoms with Crippen LogP contribution in [0.2, 0.25) is 10.0 Å². The van der Waals surface area contributed by atoms with Crippen molar-refractivity contribution in [2.75, 3.05) is 13.1 Å². The zero-order valence-electron chi connectivity index (χ0n) is 18.4. The van der Waals surface area contributed by atoms with Crippen molar-refractivity contribution in [3.63, 3.8) is 0 Å². The van der Waals surface area contributed by atoms with Gasteiger partial charge in [0.2, 0.25) is 5.91 Å². The minimum absolute atomic E-state index is 0.0494. The minimum Gasteiger partial charge on any atom is -0.362 e. The van der Waals surface area contributed by atoms with Gasteiger partial charge in [0.05, 0.1) is 29.7 Å². The number of Topliss-reactive ketones (excluding diaryl/α,β-unsaturated/α-hetero) is 1. The Hall–Kier alpha value is -2.02. The largest absolute Gasteiger partial charge is 0.407 e. The van der Waals surface area contributed by atoms with Gasteiger partial charge in [0.25, 0.3) is 0 Å². The number of amides is 1. The van der Waals surface area contributed by atoms with E-state index in [9.17, 15) is 40.3 Å². The molecule has 4 nitrogen and oxygen atoms in total. The van der Waals surface area contributed by atoms with Crippen LogP contribution in [0.25, 0.3) is 0 Å². The van der Waals surface area contributed by atoms with E-state index in [4.69, 9.17) is 27.9 Å². The fourth-order valence-corrected chi connectivity index (χ4v) is 5.17. The third-order valence-corrected chi connectivity index (χ3v) is 7.59. The number of likely N-dealkylation sites (tertiary alicyclic amines) is 1. The number of nitrogens with zero attached hydrogens (tertiary/aromatic N) is 1. The number of benzene rings is 2. The van der Waals surface area contributed by atoms with Gasteiger partial charge in [-0.15, -0.1) is 0 Å². The third kappa shape index (κ3) is 5.17. The molecule has 2 aliphatic heterocycles. The number of alkyl halides is 6. The molecule has 0 aliphatic carbocycles. The van der Waals surface area contributed by atoms with Crippen LogP contribution in [0.1, 0.15) is 39.9 Å². The number of carbonyl (C=O) groups excluding carboxylic acids is 2. The zero-order chi connectivity index (χ0) is 27.6. The molecule has 0 N–H and O–H groups in total. The Morgan fingerprint density at radius 2 is 1.59 bits per heavy atom. The Morgan fingerprint density at radius 1 is 1.00 bits per heavy atom. The molecule has 2 aliphatic rings. The van der Waals surface area contributed by atoms with Crippen molar-refractivity contribution in [1.29, 1.82) is 0 Å². The van der Waals surface area contributed by atoms with Crippen LogP contribution in [0.15, 0.2) is 30.3 Å². The lowest BCUT2D eigenvalue weighted by Crippen LogP contribution is -2.61. The van der Waals surface area contributed by atoms with Crippen molar-refractivity contribution in [2.45, 2.75) is 42.1 Å². The van der Waals surface area contributed by atoms with Gasteiger partial charge in [0.15, 0.2) is 11.6 Å². The van der Waals surface area contributed by atoms with Crippen LogP contribution in [0.5, 0.6) is 0 Å². The number of rotatable bonds is 5. The fourth-order valence-electron chi connectivity index (χ4n) is 4.41. The molecule has 1 fully saturated rings. The summed E-state index contributed by atoms with van der Waals surface area (Å²) in [5.41, 5.74) is -0.761. The van der Waals surface area contributed by atoms with Gasteiger partial charge in [0, 0.05) is 12.0 Å². The summed E-state index contributed by atoms with van der Waals surface area (Å²) < 4.78 is 96.1. The number of fused-ring (bicyclic) bond motifs is 2. The maximum absolute atomic E-state index is 14.1. The molecular formula is C23H16Cl2F7NO3S. The van der Waals surface area contributed by atoms with E-state index < -0.39 is 68.7 Å². The standard InChI is InChI=1S/C23H16Cl2F7NO3S/c24-15-4-13(5-16(25)19(15)26)21(37,23(30,31)32)6-17(34)11-1-2-14-12(3-11)8-36-20(14)9-33(10-20)18(35)7-22(27,28)29/h1-5,37H,6-10H2. The van der Waals surface area contributed by atoms with Gasteiger partial charge in [-0.25, -0.2) is 4.39 Å². The molecule has 1 amide bonds. The Bertz CT molecular complexity index is 1250. The molecular weight excluding hydrogens is 574 g/mol. The van der Waals surface area contributed by atoms with Gasteiger partial charge in [0.1, 0.15) is 16.8 Å². The second-order valence-electron chi connectivity index (χ2n) is 8.91. The van der Waals surface area contributed by atoms with Crippen molar-refractivity contribution in [3.05, 3.63) is 68.4 Å². The summed E-state index contributed by atoms with van der Waals surface area (Å²) >= 11 is 15.1. The molecule has 37 heavy (non-hydrogen) atoms. The normalized spacial score (nSPS) is 18.4. The lowest BCUT2D eigenvalue weighted by molar-refractivity contribution is -0.185. The van der Waals surface area contributed by atoms with Gasteiger partial charge >= 0.3 is 12.4 Å². The van der Waals surface area contributed by atoms with E-state index >= 15 is 0 Å². The number of carbonyl (C=O) groups is 2. The van der Waals surface area contributed by atoms with Crippen LogP contribution < -0.4 is 0 Å². The molecule has 0 saturated carbocycles. The van der Waals surface area contributed by atoms with Gasteiger partial charge < -0.3 is 9.64 Å². The predicted octanol–water partition coefficient (Wildman–Crippen LogP) is 6.61. The maximum Gasteiger partial charge on any atom is 0.407 e. The summed E-state index contributed by atoms with van der Waals surface area (Å²) in [5.74, 6) is -3.15. The van der Waals surface area contributed by atoms with E-state index in [2.05, 4.69) is 12.6 Å². The molecule has 2 aromatic rings. The second kappa shape index (κ2) is 9.32. The first kappa shape index (κ1) is 28.0. The summed E-state index contributed by atoms with van der Waals surface area (Å²) in [4.78, 5) is 25.7. The highest BCUT2D eigenvalue weighted by Crippen LogP contribution is 2.50. The van der Waals surface area contributed by atoms with E-state index in [1.54, 1.807) is 0 Å². The topological polar surface area (TPSA) is 46.6 Å². The predicted molar refractivity (Wildman–Crippen MR) is 122 cm³/mol.